The van der Waals surface area contributed by atoms with Gasteiger partial charge in [0.05, 0.1) is 12.4 Å². The molecule has 180 valence electrons. The van der Waals surface area contributed by atoms with Crippen LogP contribution < -0.4 is 10.1 Å². The maximum atomic E-state index is 12.9. The Kier molecular flexibility index (Phi) is 8.15. The zero-order chi connectivity index (χ0) is 24.6. The minimum absolute atomic E-state index is 0.0719. The fraction of sp³-hybridized carbons (Fsp3) is 0.259. The number of nitrogens with zero attached hydrogens (tertiary/aromatic N) is 4. The van der Waals surface area contributed by atoms with Crippen molar-refractivity contribution in [2.24, 2.45) is 0 Å². The van der Waals surface area contributed by atoms with Gasteiger partial charge in [0.15, 0.2) is 11.0 Å². The van der Waals surface area contributed by atoms with Crippen molar-refractivity contribution in [3.8, 4) is 22.8 Å². The highest BCUT2D eigenvalue weighted by Gasteiger charge is 2.18. The molecule has 0 spiro atoms. The number of carbonyl (C=O) groups excluding carboxylic acids is 1. The molecule has 0 saturated carbocycles. The first-order chi connectivity index (χ1) is 17.1. The number of thioether (sulfide) groups is 1. The summed E-state index contributed by atoms with van der Waals surface area (Å²) in [6.45, 7) is 6.75. The number of pyridine rings is 1. The van der Waals surface area contributed by atoms with Crippen molar-refractivity contribution in [2.75, 3.05) is 17.7 Å². The zero-order valence-corrected chi connectivity index (χ0v) is 21.0. The lowest BCUT2D eigenvalue weighted by molar-refractivity contribution is -0.113. The van der Waals surface area contributed by atoms with Gasteiger partial charge in [0, 0.05) is 29.3 Å². The lowest BCUT2D eigenvalue weighted by Gasteiger charge is -2.14. The summed E-state index contributed by atoms with van der Waals surface area (Å²) in [5.41, 5.74) is 4.98. The summed E-state index contributed by atoms with van der Waals surface area (Å²) in [5.74, 6) is 1.62. The fourth-order valence-corrected chi connectivity index (χ4v) is 4.60. The van der Waals surface area contributed by atoms with E-state index in [0.717, 1.165) is 46.7 Å². The number of amides is 1. The van der Waals surface area contributed by atoms with Crippen LogP contribution in [0, 0.1) is 0 Å². The van der Waals surface area contributed by atoms with E-state index in [4.69, 9.17) is 4.74 Å². The molecule has 2 heterocycles. The summed E-state index contributed by atoms with van der Waals surface area (Å²) in [5, 5.41) is 12.6. The Labute approximate surface area is 210 Å². The molecule has 8 heteroatoms. The van der Waals surface area contributed by atoms with Gasteiger partial charge in [-0.05, 0) is 67.3 Å². The number of para-hydroxylation sites is 1. The molecular formula is C27H29N5O2S. The SMILES string of the molecule is CCOc1ccc(-n2c(SCC(=O)Nc3c(CC)cccc3CC)nnc2-c2ccncc2)cc1. The van der Waals surface area contributed by atoms with Gasteiger partial charge in [-0.15, -0.1) is 10.2 Å². The normalized spacial score (nSPS) is 10.8. The second kappa shape index (κ2) is 11.7. The van der Waals surface area contributed by atoms with Crippen LogP contribution in [-0.4, -0.2) is 38.0 Å². The Morgan fingerprint density at radius 3 is 2.26 bits per heavy atom. The molecule has 2 aromatic carbocycles. The lowest BCUT2D eigenvalue weighted by atomic mass is 10.0. The van der Waals surface area contributed by atoms with Gasteiger partial charge < -0.3 is 10.1 Å². The van der Waals surface area contributed by atoms with E-state index in [9.17, 15) is 4.79 Å². The highest BCUT2D eigenvalue weighted by Crippen LogP contribution is 2.29. The number of benzene rings is 2. The van der Waals surface area contributed by atoms with Gasteiger partial charge in [0.25, 0.3) is 0 Å². The molecule has 7 nitrogen and oxygen atoms in total. The van der Waals surface area contributed by atoms with E-state index < -0.39 is 0 Å². The molecule has 1 N–H and O–H groups in total. The van der Waals surface area contributed by atoms with Gasteiger partial charge in [0.1, 0.15) is 5.75 Å². The molecule has 4 rings (SSSR count). The largest absolute Gasteiger partial charge is 0.494 e. The van der Waals surface area contributed by atoms with Crippen molar-refractivity contribution in [3.05, 3.63) is 78.1 Å². The van der Waals surface area contributed by atoms with Crippen LogP contribution in [0.15, 0.2) is 72.1 Å². The van der Waals surface area contributed by atoms with Gasteiger partial charge in [0.2, 0.25) is 5.91 Å². The van der Waals surface area contributed by atoms with Crippen molar-refractivity contribution < 1.29 is 9.53 Å². The molecule has 2 aromatic heterocycles. The third-order valence-electron chi connectivity index (χ3n) is 5.57. The van der Waals surface area contributed by atoms with E-state index in [2.05, 4.69) is 46.5 Å². The van der Waals surface area contributed by atoms with Crippen LogP contribution in [-0.2, 0) is 17.6 Å². The quantitative estimate of drug-likeness (QED) is 0.294. The first-order valence-electron chi connectivity index (χ1n) is 11.8. The van der Waals surface area contributed by atoms with Crippen LogP contribution in [0.25, 0.3) is 17.1 Å². The first kappa shape index (κ1) is 24.5. The predicted molar refractivity (Wildman–Crippen MR) is 140 cm³/mol. The first-order valence-corrected chi connectivity index (χ1v) is 12.8. The number of carbonyl (C=O) groups is 1. The summed E-state index contributed by atoms with van der Waals surface area (Å²) in [4.78, 5) is 17.1. The van der Waals surface area contributed by atoms with Crippen LogP contribution in [0.3, 0.4) is 0 Å². The van der Waals surface area contributed by atoms with Gasteiger partial charge in [-0.1, -0.05) is 43.8 Å². The van der Waals surface area contributed by atoms with E-state index in [1.54, 1.807) is 12.4 Å². The number of ether oxygens (including phenoxy) is 1. The van der Waals surface area contributed by atoms with Gasteiger partial charge in [-0.3, -0.25) is 14.3 Å². The molecule has 0 aliphatic carbocycles. The third-order valence-corrected chi connectivity index (χ3v) is 6.50. The Morgan fingerprint density at radius 2 is 1.63 bits per heavy atom. The van der Waals surface area contributed by atoms with Gasteiger partial charge in [-0.2, -0.15) is 0 Å². The second-order valence-electron chi connectivity index (χ2n) is 7.80. The minimum Gasteiger partial charge on any atom is -0.494 e. The maximum Gasteiger partial charge on any atom is 0.234 e. The average molecular weight is 488 g/mol. The fourth-order valence-electron chi connectivity index (χ4n) is 3.85. The molecular weight excluding hydrogens is 458 g/mol. The monoisotopic (exact) mass is 487 g/mol. The van der Waals surface area contributed by atoms with E-state index in [1.165, 1.54) is 11.8 Å². The molecule has 0 unspecified atom stereocenters. The molecule has 0 radical (unpaired) electrons. The summed E-state index contributed by atoms with van der Waals surface area (Å²) in [6.07, 6.45) is 5.17. The van der Waals surface area contributed by atoms with Crippen molar-refractivity contribution in [1.29, 1.82) is 0 Å². The van der Waals surface area contributed by atoms with Gasteiger partial charge in [-0.25, -0.2) is 0 Å². The van der Waals surface area contributed by atoms with E-state index in [-0.39, 0.29) is 11.7 Å². The topological polar surface area (TPSA) is 81.9 Å². The van der Waals surface area contributed by atoms with Crippen molar-refractivity contribution in [1.82, 2.24) is 19.7 Å². The molecule has 0 bridgehead atoms. The van der Waals surface area contributed by atoms with Gasteiger partial charge >= 0.3 is 0 Å². The van der Waals surface area contributed by atoms with E-state index in [0.29, 0.717) is 17.6 Å². The third kappa shape index (κ3) is 5.71. The number of hydrogen-bond acceptors (Lipinski definition) is 6. The number of hydrogen-bond donors (Lipinski definition) is 1. The minimum atomic E-state index is -0.0719. The summed E-state index contributed by atoms with van der Waals surface area (Å²) >= 11 is 1.36. The Bertz CT molecular complexity index is 1250. The summed E-state index contributed by atoms with van der Waals surface area (Å²) in [7, 11) is 0. The molecule has 0 fully saturated rings. The van der Waals surface area contributed by atoms with E-state index in [1.807, 2.05) is 54.0 Å². The highest BCUT2D eigenvalue weighted by molar-refractivity contribution is 7.99. The summed E-state index contributed by atoms with van der Waals surface area (Å²) in [6, 6.07) is 17.7. The van der Waals surface area contributed by atoms with Crippen LogP contribution in [0.2, 0.25) is 0 Å². The zero-order valence-electron chi connectivity index (χ0n) is 20.2. The number of aryl methyl sites for hydroxylation is 2. The lowest BCUT2D eigenvalue weighted by Crippen LogP contribution is -2.17. The van der Waals surface area contributed by atoms with Crippen molar-refractivity contribution in [2.45, 2.75) is 38.8 Å². The Hall–Kier alpha value is -3.65. The molecule has 0 aliphatic heterocycles. The molecule has 35 heavy (non-hydrogen) atoms. The second-order valence-corrected chi connectivity index (χ2v) is 8.74. The smallest absolute Gasteiger partial charge is 0.234 e. The van der Waals surface area contributed by atoms with Crippen LogP contribution in [0.1, 0.15) is 31.9 Å². The molecule has 0 atom stereocenters. The number of anilines is 1. The van der Waals surface area contributed by atoms with Crippen molar-refractivity contribution in [3.63, 3.8) is 0 Å². The highest BCUT2D eigenvalue weighted by atomic mass is 32.2. The number of rotatable bonds is 10. The van der Waals surface area contributed by atoms with Crippen LogP contribution in [0.4, 0.5) is 5.69 Å². The average Bonchev–Trinajstić information content (AvgIpc) is 3.32. The molecule has 0 saturated heterocycles. The number of aromatic nitrogens is 4. The Morgan fingerprint density at radius 1 is 0.943 bits per heavy atom. The van der Waals surface area contributed by atoms with Crippen molar-refractivity contribution >= 4 is 23.4 Å². The predicted octanol–water partition coefficient (Wildman–Crippen LogP) is 5.58. The Balaban J connectivity index is 1.60. The van der Waals surface area contributed by atoms with Crippen LogP contribution >= 0.6 is 11.8 Å². The maximum absolute atomic E-state index is 12.9. The standard InChI is InChI=1S/C27H29N5O2S/c1-4-19-8-7-9-20(5-2)25(19)29-24(33)18-35-27-31-30-26(21-14-16-28-17-15-21)32(27)22-10-12-23(13-11-22)34-6-3/h7-17H,4-6,18H2,1-3H3,(H,29,33). The van der Waals surface area contributed by atoms with Crippen LogP contribution in [0.5, 0.6) is 5.75 Å². The molecule has 0 aliphatic rings. The molecule has 4 aromatic rings. The number of nitrogens with one attached hydrogen (secondary N) is 1. The van der Waals surface area contributed by atoms with E-state index >= 15 is 0 Å². The molecule has 1 amide bonds. The summed E-state index contributed by atoms with van der Waals surface area (Å²) < 4.78 is 7.55.